The highest BCUT2D eigenvalue weighted by Crippen LogP contribution is 2.32. The number of carbonyl (C=O) groups excluding carboxylic acids is 3. The largest absolute Gasteiger partial charge is 0.384 e. The Kier molecular flexibility index (Phi) is 9.20. The summed E-state index contributed by atoms with van der Waals surface area (Å²) in [6, 6.07) is 6.76. The SMILES string of the molecule is COCC(C)(C)C(=O)n1nc(C2C(=O)CN(C(=O)CN3CCOCC3)C2C)nc1N(C)Cc1ccc(C(=N)N)cc1. The Bertz CT molecular complexity index is 1280. The molecule has 3 heterocycles. The number of methoxy groups -OCH3 is 1. The van der Waals surface area contributed by atoms with Gasteiger partial charge in [-0.15, -0.1) is 5.10 Å². The number of nitrogen functional groups attached to an aromatic ring is 1. The first-order valence-electron chi connectivity index (χ1n) is 13.7. The molecule has 1 aromatic heterocycles. The van der Waals surface area contributed by atoms with E-state index in [0.29, 0.717) is 38.4 Å². The Labute approximate surface area is 240 Å². The van der Waals surface area contributed by atoms with Crippen LogP contribution in [-0.4, -0.2) is 114 Å². The monoisotopic (exact) mass is 568 g/mol. The minimum Gasteiger partial charge on any atom is -0.384 e. The lowest BCUT2D eigenvalue weighted by Crippen LogP contribution is -2.46. The number of morpholine rings is 1. The van der Waals surface area contributed by atoms with Gasteiger partial charge in [-0.25, -0.2) is 0 Å². The van der Waals surface area contributed by atoms with Crippen molar-refractivity contribution < 1.29 is 23.9 Å². The number of likely N-dealkylation sites (tertiary alicyclic amines) is 1. The van der Waals surface area contributed by atoms with E-state index in [2.05, 4.69) is 5.10 Å². The van der Waals surface area contributed by atoms with E-state index in [4.69, 9.17) is 25.6 Å². The lowest BCUT2D eigenvalue weighted by molar-refractivity contribution is -0.135. The van der Waals surface area contributed by atoms with E-state index in [-0.39, 0.29) is 54.9 Å². The molecule has 1 aromatic carbocycles. The second-order valence-corrected chi connectivity index (χ2v) is 11.4. The predicted octanol–water partition coefficient (Wildman–Crippen LogP) is 0.727. The number of rotatable bonds is 10. The average molecular weight is 569 g/mol. The summed E-state index contributed by atoms with van der Waals surface area (Å²) in [6.45, 7) is 8.59. The molecular weight excluding hydrogens is 528 g/mol. The number of ether oxygens (including phenoxy) is 2. The number of aromatic nitrogens is 3. The first-order valence-corrected chi connectivity index (χ1v) is 13.7. The van der Waals surface area contributed by atoms with E-state index in [1.54, 1.807) is 42.8 Å². The Hall–Kier alpha value is -3.68. The van der Waals surface area contributed by atoms with Crippen LogP contribution >= 0.6 is 0 Å². The molecule has 2 atom stereocenters. The molecule has 0 spiro atoms. The number of carbonyl (C=O) groups is 3. The van der Waals surface area contributed by atoms with Gasteiger partial charge < -0.3 is 25.0 Å². The molecule has 41 heavy (non-hydrogen) atoms. The summed E-state index contributed by atoms with van der Waals surface area (Å²) < 4.78 is 11.9. The van der Waals surface area contributed by atoms with Gasteiger partial charge in [0.15, 0.2) is 11.6 Å². The van der Waals surface area contributed by atoms with E-state index in [0.717, 1.165) is 5.56 Å². The van der Waals surface area contributed by atoms with Crippen LogP contribution in [0.25, 0.3) is 0 Å². The molecule has 13 nitrogen and oxygen atoms in total. The number of hydrogen-bond acceptors (Lipinski definition) is 10. The molecule has 222 valence electrons. The Morgan fingerprint density at radius 3 is 2.49 bits per heavy atom. The van der Waals surface area contributed by atoms with Crippen LogP contribution in [0.4, 0.5) is 5.95 Å². The van der Waals surface area contributed by atoms with Crippen LogP contribution in [0.3, 0.4) is 0 Å². The van der Waals surface area contributed by atoms with Gasteiger partial charge in [0.1, 0.15) is 11.8 Å². The summed E-state index contributed by atoms with van der Waals surface area (Å²) in [5.41, 5.74) is 6.18. The summed E-state index contributed by atoms with van der Waals surface area (Å²) in [6.07, 6.45) is 0. The molecule has 0 radical (unpaired) electrons. The van der Waals surface area contributed by atoms with Crippen molar-refractivity contribution in [3.05, 3.63) is 41.2 Å². The van der Waals surface area contributed by atoms with Crippen molar-refractivity contribution in [2.24, 2.45) is 11.1 Å². The second kappa shape index (κ2) is 12.5. The van der Waals surface area contributed by atoms with E-state index >= 15 is 0 Å². The number of ketones is 1. The van der Waals surface area contributed by atoms with Crippen LogP contribution in [0.5, 0.6) is 0 Å². The highest BCUT2D eigenvalue weighted by Gasteiger charge is 2.45. The predicted molar refractivity (Wildman–Crippen MR) is 152 cm³/mol. The second-order valence-electron chi connectivity index (χ2n) is 11.4. The van der Waals surface area contributed by atoms with Crippen molar-refractivity contribution in [3.8, 4) is 0 Å². The minimum absolute atomic E-state index is 0.0203. The van der Waals surface area contributed by atoms with Crippen molar-refractivity contribution >= 4 is 29.4 Å². The number of benzene rings is 1. The summed E-state index contributed by atoms with van der Waals surface area (Å²) in [4.78, 5) is 50.2. The van der Waals surface area contributed by atoms with Gasteiger partial charge in [0, 0.05) is 45.4 Å². The minimum atomic E-state index is -0.913. The molecule has 13 heteroatoms. The quantitative estimate of drug-likeness (QED) is 0.309. The molecular formula is C28H40N8O5. The van der Waals surface area contributed by atoms with Crippen LogP contribution in [0.15, 0.2) is 24.3 Å². The molecule has 1 amide bonds. The number of anilines is 1. The molecule has 0 saturated carbocycles. The molecule has 2 aliphatic rings. The maximum absolute atomic E-state index is 13.7. The molecule has 3 N–H and O–H groups in total. The number of Topliss-reactive ketones (excluding diaryl/α,β-unsaturated/α-hetero) is 1. The van der Waals surface area contributed by atoms with Gasteiger partial charge in [-0.05, 0) is 26.3 Å². The molecule has 4 rings (SSSR count). The number of amidine groups is 1. The van der Waals surface area contributed by atoms with Gasteiger partial charge in [0.05, 0.1) is 38.3 Å². The van der Waals surface area contributed by atoms with E-state index < -0.39 is 17.4 Å². The van der Waals surface area contributed by atoms with Crippen molar-refractivity contribution in [2.75, 3.05) is 65.1 Å². The first kappa shape index (κ1) is 30.3. The number of hydrogen-bond donors (Lipinski definition) is 2. The molecule has 2 unspecified atom stereocenters. The van der Waals surface area contributed by atoms with Gasteiger partial charge >= 0.3 is 0 Å². The van der Waals surface area contributed by atoms with Crippen LogP contribution < -0.4 is 10.6 Å². The van der Waals surface area contributed by atoms with Gasteiger partial charge in [-0.2, -0.15) is 9.67 Å². The van der Waals surface area contributed by atoms with Crippen LogP contribution in [0.2, 0.25) is 0 Å². The zero-order chi connectivity index (χ0) is 29.9. The molecule has 0 aliphatic carbocycles. The standard InChI is InChI=1S/C28H40N8O5/c1-18-23(21(37)15-35(18)22(38)16-34-10-12-41-13-11-34)25-31-27(36(32-25)26(39)28(2,3)17-40-5)33(4)14-19-6-8-20(9-7-19)24(29)30/h6-9,18,23H,10-17H2,1-5H3,(H3,29,30). The topological polar surface area (TPSA) is 160 Å². The summed E-state index contributed by atoms with van der Waals surface area (Å²) in [5.74, 6) is -0.910. The third-order valence-electron chi connectivity index (χ3n) is 7.62. The molecule has 2 fully saturated rings. The van der Waals surface area contributed by atoms with Crippen LogP contribution in [-0.2, 0) is 25.6 Å². The Morgan fingerprint density at radius 1 is 1.22 bits per heavy atom. The average Bonchev–Trinajstić information content (AvgIpc) is 3.49. The van der Waals surface area contributed by atoms with Gasteiger partial charge in [0.25, 0.3) is 5.91 Å². The number of nitrogens with two attached hydrogens (primary N) is 1. The van der Waals surface area contributed by atoms with Crippen molar-refractivity contribution in [1.82, 2.24) is 24.6 Å². The Morgan fingerprint density at radius 2 is 1.88 bits per heavy atom. The lowest BCUT2D eigenvalue weighted by Gasteiger charge is -2.29. The smallest absolute Gasteiger partial charge is 0.258 e. The van der Waals surface area contributed by atoms with Gasteiger partial charge in [0.2, 0.25) is 11.9 Å². The molecule has 0 bridgehead atoms. The maximum Gasteiger partial charge on any atom is 0.258 e. The van der Waals surface area contributed by atoms with Gasteiger partial charge in [-0.1, -0.05) is 24.3 Å². The third-order valence-corrected chi connectivity index (χ3v) is 7.62. The fraction of sp³-hybridized carbons (Fsp3) is 0.571. The third kappa shape index (κ3) is 6.63. The van der Waals surface area contributed by atoms with Crippen LogP contribution in [0.1, 0.15) is 48.4 Å². The molecule has 2 aromatic rings. The fourth-order valence-corrected chi connectivity index (χ4v) is 5.25. The van der Waals surface area contributed by atoms with E-state index in [9.17, 15) is 14.4 Å². The zero-order valence-corrected chi connectivity index (χ0v) is 24.4. The first-order chi connectivity index (χ1) is 19.4. The van der Waals surface area contributed by atoms with Crippen molar-refractivity contribution in [1.29, 1.82) is 5.41 Å². The van der Waals surface area contributed by atoms with Gasteiger partial charge in [-0.3, -0.25) is 24.7 Å². The normalized spacial score (nSPS) is 19.9. The summed E-state index contributed by atoms with van der Waals surface area (Å²) in [5, 5.41) is 12.2. The number of nitrogens with zero attached hydrogens (tertiary/aromatic N) is 6. The summed E-state index contributed by atoms with van der Waals surface area (Å²) in [7, 11) is 3.32. The highest BCUT2D eigenvalue weighted by atomic mass is 16.5. The van der Waals surface area contributed by atoms with Crippen molar-refractivity contribution in [3.63, 3.8) is 0 Å². The lowest BCUT2D eigenvalue weighted by atomic mass is 9.94. The maximum atomic E-state index is 13.7. The molecule has 2 aliphatic heterocycles. The van der Waals surface area contributed by atoms with Crippen molar-refractivity contribution in [2.45, 2.75) is 39.3 Å². The number of nitrogens with one attached hydrogen (secondary N) is 1. The number of amides is 1. The van der Waals surface area contributed by atoms with Crippen LogP contribution in [0, 0.1) is 10.8 Å². The fourth-order valence-electron chi connectivity index (χ4n) is 5.25. The molecule has 2 saturated heterocycles. The summed E-state index contributed by atoms with van der Waals surface area (Å²) >= 11 is 0. The van der Waals surface area contributed by atoms with E-state index in [1.165, 1.54) is 11.8 Å². The van der Waals surface area contributed by atoms with E-state index in [1.807, 2.05) is 24.0 Å². The highest BCUT2D eigenvalue weighted by molar-refractivity contribution is 5.96. The zero-order valence-electron chi connectivity index (χ0n) is 24.4. The Balaban J connectivity index is 1.62.